The first-order valence-electron chi connectivity index (χ1n) is 6.67. The molecule has 1 nitrogen and oxygen atoms in total. The molecule has 0 fully saturated rings. The van der Waals surface area contributed by atoms with Gasteiger partial charge in [0.1, 0.15) is 5.75 Å². The maximum absolute atomic E-state index is 12.6. The predicted molar refractivity (Wildman–Crippen MR) is 72.5 cm³/mol. The Morgan fingerprint density at radius 1 is 1.00 bits per heavy atom. The molecule has 1 rings (SSSR count). The van der Waals surface area contributed by atoms with Crippen LogP contribution in [0.4, 0.5) is 13.2 Å². The molecule has 1 aromatic rings. The lowest BCUT2D eigenvalue weighted by Gasteiger charge is -2.14. The van der Waals surface area contributed by atoms with Crippen molar-refractivity contribution in [1.82, 2.24) is 0 Å². The smallest absolute Gasteiger partial charge is 0.419 e. The number of hydrogen-bond acceptors (Lipinski definition) is 1. The molecule has 0 unspecified atom stereocenters. The van der Waals surface area contributed by atoms with Crippen LogP contribution in [-0.4, -0.2) is 6.61 Å². The highest BCUT2D eigenvalue weighted by Gasteiger charge is 2.34. The average molecular weight is 276 g/mol. The van der Waals surface area contributed by atoms with Crippen molar-refractivity contribution in [2.24, 2.45) is 0 Å². The van der Waals surface area contributed by atoms with Crippen molar-refractivity contribution in [3.8, 4) is 5.75 Å². The standard InChI is InChI=1S/C11H13F3O.C4H10/c1-3-6-15-10-5-4-8(2)7-9(10)11(12,13)14;1-3-4-2/h4-5,7H,3,6H2,1-2H3;3-4H2,1-2H3. The summed E-state index contributed by atoms with van der Waals surface area (Å²) in [5.41, 5.74) is -0.123. The van der Waals surface area contributed by atoms with Crippen molar-refractivity contribution in [3.63, 3.8) is 0 Å². The van der Waals surface area contributed by atoms with Crippen LogP contribution < -0.4 is 4.74 Å². The first-order chi connectivity index (χ1) is 8.86. The van der Waals surface area contributed by atoms with Gasteiger partial charge in [-0.3, -0.25) is 0 Å². The minimum absolute atomic E-state index is 0.0880. The van der Waals surface area contributed by atoms with Gasteiger partial charge in [-0.15, -0.1) is 0 Å². The molecule has 0 spiro atoms. The summed E-state index contributed by atoms with van der Waals surface area (Å²) in [4.78, 5) is 0. The van der Waals surface area contributed by atoms with Crippen molar-refractivity contribution in [1.29, 1.82) is 0 Å². The lowest BCUT2D eigenvalue weighted by molar-refractivity contribution is -0.139. The van der Waals surface area contributed by atoms with E-state index in [1.165, 1.54) is 18.9 Å². The molecule has 0 aromatic heterocycles. The molecular weight excluding hydrogens is 253 g/mol. The number of ether oxygens (including phenoxy) is 1. The third-order valence-electron chi connectivity index (χ3n) is 2.40. The van der Waals surface area contributed by atoms with E-state index >= 15 is 0 Å². The molecule has 1 aromatic carbocycles. The Kier molecular flexibility index (Phi) is 8.28. The van der Waals surface area contributed by atoms with Gasteiger partial charge >= 0.3 is 6.18 Å². The van der Waals surface area contributed by atoms with E-state index in [0.717, 1.165) is 6.07 Å². The molecule has 0 bridgehead atoms. The molecule has 0 aliphatic heterocycles. The molecule has 0 atom stereocenters. The zero-order chi connectivity index (χ0) is 14.9. The third-order valence-corrected chi connectivity index (χ3v) is 2.40. The van der Waals surface area contributed by atoms with E-state index in [2.05, 4.69) is 13.8 Å². The van der Waals surface area contributed by atoms with Gasteiger partial charge in [0.05, 0.1) is 12.2 Å². The first-order valence-corrected chi connectivity index (χ1v) is 6.67. The molecule has 4 heteroatoms. The fraction of sp³-hybridized carbons (Fsp3) is 0.600. The summed E-state index contributed by atoms with van der Waals surface area (Å²) in [5, 5.41) is 0. The van der Waals surface area contributed by atoms with E-state index in [9.17, 15) is 13.2 Å². The zero-order valence-corrected chi connectivity index (χ0v) is 12.1. The molecule has 19 heavy (non-hydrogen) atoms. The molecule has 0 aliphatic carbocycles. The highest BCUT2D eigenvalue weighted by Crippen LogP contribution is 2.36. The summed E-state index contributed by atoms with van der Waals surface area (Å²) in [6.07, 6.45) is -1.03. The van der Waals surface area contributed by atoms with E-state index in [4.69, 9.17) is 4.74 Å². The molecule has 0 saturated heterocycles. The Bertz CT molecular complexity index is 357. The van der Waals surface area contributed by atoms with Crippen LogP contribution in [0.1, 0.15) is 51.2 Å². The highest BCUT2D eigenvalue weighted by atomic mass is 19.4. The van der Waals surface area contributed by atoms with Crippen molar-refractivity contribution in [3.05, 3.63) is 29.3 Å². The quantitative estimate of drug-likeness (QED) is 0.694. The van der Waals surface area contributed by atoms with Crippen molar-refractivity contribution in [2.45, 2.75) is 53.1 Å². The maximum Gasteiger partial charge on any atom is 0.419 e. The molecule has 110 valence electrons. The first kappa shape index (κ1) is 17.8. The van der Waals surface area contributed by atoms with E-state index < -0.39 is 11.7 Å². The number of halogens is 3. The van der Waals surface area contributed by atoms with Crippen LogP contribution in [0.5, 0.6) is 5.75 Å². The highest BCUT2D eigenvalue weighted by molar-refractivity contribution is 5.38. The van der Waals surface area contributed by atoms with Crippen LogP contribution >= 0.6 is 0 Å². The average Bonchev–Trinajstić information content (AvgIpc) is 2.36. The zero-order valence-electron chi connectivity index (χ0n) is 12.1. The van der Waals surface area contributed by atoms with Crippen LogP contribution in [0.25, 0.3) is 0 Å². The third kappa shape index (κ3) is 7.09. The molecule has 0 radical (unpaired) electrons. The fourth-order valence-electron chi connectivity index (χ4n) is 1.20. The maximum atomic E-state index is 12.6. The minimum Gasteiger partial charge on any atom is -0.493 e. The fourth-order valence-corrected chi connectivity index (χ4v) is 1.20. The van der Waals surface area contributed by atoms with Gasteiger partial charge in [-0.05, 0) is 25.5 Å². The number of alkyl halides is 3. The van der Waals surface area contributed by atoms with Crippen LogP contribution in [0, 0.1) is 6.92 Å². The Morgan fingerprint density at radius 3 is 2.00 bits per heavy atom. The number of aryl methyl sites for hydroxylation is 1. The summed E-state index contributed by atoms with van der Waals surface area (Å²) in [6.45, 7) is 8.13. The number of unbranched alkanes of at least 4 members (excludes halogenated alkanes) is 1. The second-order valence-corrected chi connectivity index (χ2v) is 4.35. The Labute approximate surface area is 113 Å². The van der Waals surface area contributed by atoms with Gasteiger partial charge in [-0.1, -0.05) is 45.2 Å². The van der Waals surface area contributed by atoms with Crippen molar-refractivity contribution >= 4 is 0 Å². The Balaban J connectivity index is 0.000000711. The van der Waals surface area contributed by atoms with Crippen molar-refractivity contribution < 1.29 is 17.9 Å². The molecule has 0 amide bonds. The second kappa shape index (κ2) is 8.83. The van der Waals surface area contributed by atoms with E-state index in [-0.39, 0.29) is 5.75 Å². The molecule has 0 aliphatic rings. The van der Waals surface area contributed by atoms with Gasteiger partial charge in [0.25, 0.3) is 0 Å². The SMILES string of the molecule is CCCC.CCCOc1ccc(C)cc1C(F)(F)F. The summed E-state index contributed by atoms with van der Waals surface area (Å²) < 4.78 is 42.8. The predicted octanol–water partition coefficient (Wildman–Crippen LogP) is 5.61. The Hall–Kier alpha value is -1.19. The van der Waals surface area contributed by atoms with Gasteiger partial charge in [-0.25, -0.2) is 0 Å². The molecular formula is C15H23F3O. The van der Waals surface area contributed by atoms with Crippen molar-refractivity contribution in [2.75, 3.05) is 6.61 Å². The van der Waals surface area contributed by atoms with Gasteiger partial charge in [0.15, 0.2) is 0 Å². The van der Waals surface area contributed by atoms with E-state index in [1.807, 2.05) is 6.92 Å². The van der Waals surface area contributed by atoms with Crippen LogP contribution in [0.15, 0.2) is 18.2 Å². The van der Waals surface area contributed by atoms with Gasteiger partial charge in [0, 0.05) is 0 Å². The molecule has 0 saturated carbocycles. The molecule has 0 heterocycles. The molecule has 0 N–H and O–H groups in total. The minimum atomic E-state index is -4.35. The van der Waals surface area contributed by atoms with Crippen LogP contribution in [0.3, 0.4) is 0 Å². The van der Waals surface area contributed by atoms with Gasteiger partial charge < -0.3 is 4.74 Å². The monoisotopic (exact) mass is 276 g/mol. The van der Waals surface area contributed by atoms with E-state index in [0.29, 0.717) is 18.6 Å². The summed E-state index contributed by atoms with van der Waals surface area (Å²) in [7, 11) is 0. The number of benzene rings is 1. The summed E-state index contributed by atoms with van der Waals surface area (Å²) in [6, 6.07) is 4.08. The topological polar surface area (TPSA) is 9.23 Å². The number of hydrogen-bond donors (Lipinski definition) is 0. The van der Waals surface area contributed by atoms with E-state index in [1.54, 1.807) is 13.0 Å². The largest absolute Gasteiger partial charge is 0.493 e. The summed E-state index contributed by atoms with van der Waals surface area (Å²) >= 11 is 0. The summed E-state index contributed by atoms with van der Waals surface area (Å²) in [5.74, 6) is -0.0880. The van der Waals surface area contributed by atoms with Crippen LogP contribution in [0.2, 0.25) is 0 Å². The van der Waals surface area contributed by atoms with Crippen LogP contribution in [-0.2, 0) is 6.18 Å². The Morgan fingerprint density at radius 2 is 1.58 bits per heavy atom. The lowest BCUT2D eigenvalue weighted by Crippen LogP contribution is -2.09. The number of rotatable bonds is 4. The second-order valence-electron chi connectivity index (χ2n) is 4.35. The normalized spacial score (nSPS) is 10.7. The van der Waals surface area contributed by atoms with Gasteiger partial charge in [-0.2, -0.15) is 13.2 Å². The lowest BCUT2D eigenvalue weighted by atomic mass is 10.1. The van der Waals surface area contributed by atoms with Gasteiger partial charge in [0.2, 0.25) is 0 Å².